The van der Waals surface area contributed by atoms with E-state index in [1.165, 1.54) is 44.1 Å². The summed E-state index contributed by atoms with van der Waals surface area (Å²) in [7, 11) is 0. The summed E-state index contributed by atoms with van der Waals surface area (Å²) in [5.41, 5.74) is 10.8. The zero-order valence-electron chi connectivity index (χ0n) is 24.3. The molecule has 0 bridgehead atoms. The van der Waals surface area contributed by atoms with E-state index in [0.717, 1.165) is 17.1 Å². The van der Waals surface area contributed by atoms with E-state index in [9.17, 15) is 0 Å². The number of nitrogens with zero attached hydrogens (tertiary/aromatic N) is 2. The molecule has 2 nitrogen and oxygen atoms in total. The van der Waals surface area contributed by atoms with Gasteiger partial charge in [0.2, 0.25) is 0 Å². The van der Waals surface area contributed by atoms with Gasteiger partial charge in [0.15, 0.2) is 0 Å². The first-order valence-electron chi connectivity index (χ1n) is 14.6. The van der Waals surface area contributed by atoms with Gasteiger partial charge in [-0.1, -0.05) is 103 Å². The molecule has 0 unspecified atom stereocenters. The van der Waals surface area contributed by atoms with Crippen molar-refractivity contribution in [2.75, 3.05) is 4.90 Å². The highest BCUT2D eigenvalue weighted by Crippen LogP contribution is 2.41. The Morgan fingerprint density at radius 3 is 1.76 bits per heavy atom. The molecule has 2 heteroatoms. The van der Waals surface area contributed by atoms with Gasteiger partial charge in [-0.05, 0) is 86.0 Å². The highest BCUT2D eigenvalue weighted by molar-refractivity contribution is 6.09. The molecule has 0 aliphatic rings. The molecular formula is C40H34N2. The standard InChI is InChI=1S/C40H34N2/c1-40(2,3)42-38-21-13-11-19-35(38)36-28-31(24-27-39(36)42)29-22-25-33(26-23-29)41(32-16-8-5-9-17-32)37-20-12-10-18-34(37)30-14-6-4-7-15-30/h4-28H,1-3H3. The van der Waals surface area contributed by atoms with Crippen LogP contribution in [0.5, 0.6) is 0 Å². The molecule has 0 spiro atoms. The predicted octanol–water partition coefficient (Wildman–Crippen LogP) is 11.4. The van der Waals surface area contributed by atoms with Crippen molar-refractivity contribution in [1.82, 2.24) is 4.57 Å². The zero-order chi connectivity index (χ0) is 28.7. The van der Waals surface area contributed by atoms with Crippen molar-refractivity contribution in [3.63, 3.8) is 0 Å². The number of para-hydroxylation sites is 3. The van der Waals surface area contributed by atoms with Gasteiger partial charge >= 0.3 is 0 Å². The second-order valence-electron chi connectivity index (χ2n) is 11.9. The van der Waals surface area contributed by atoms with Crippen molar-refractivity contribution in [3.8, 4) is 22.3 Å². The fourth-order valence-electron chi connectivity index (χ4n) is 6.21. The molecule has 0 fully saturated rings. The minimum absolute atomic E-state index is 0.0124. The maximum absolute atomic E-state index is 2.46. The number of anilines is 3. The molecular weight excluding hydrogens is 508 g/mol. The summed E-state index contributed by atoms with van der Waals surface area (Å²) in [4.78, 5) is 2.35. The Labute approximate surface area is 248 Å². The maximum Gasteiger partial charge on any atom is 0.0540 e. The third-order valence-corrected chi connectivity index (χ3v) is 8.05. The minimum atomic E-state index is -0.0124. The monoisotopic (exact) mass is 542 g/mol. The van der Waals surface area contributed by atoms with Gasteiger partial charge in [-0.3, -0.25) is 0 Å². The fourth-order valence-corrected chi connectivity index (χ4v) is 6.21. The predicted molar refractivity (Wildman–Crippen MR) is 180 cm³/mol. The molecule has 0 atom stereocenters. The Balaban J connectivity index is 1.33. The van der Waals surface area contributed by atoms with E-state index in [1.807, 2.05) is 0 Å². The number of hydrogen-bond donors (Lipinski definition) is 0. The highest BCUT2D eigenvalue weighted by atomic mass is 15.1. The third-order valence-electron chi connectivity index (χ3n) is 8.05. The minimum Gasteiger partial charge on any atom is -0.335 e. The molecule has 1 heterocycles. The summed E-state index contributed by atoms with van der Waals surface area (Å²) in [6, 6.07) is 54.6. The van der Waals surface area contributed by atoms with Crippen LogP contribution in [-0.2, 0) is 5.54 Å². The van der Waals surface area contributed by atoms with Gasteiger partial charge in [0.05, 0.1) is 5.69 Å². The number of benzene rings is 6. The molecule has 0 saturated heterocycles. The topological polar surface area (TPSA) is 8.17 Å². The molecule has 42 heavy (non-hydrogen) atoms. The van der Waals surface area contributed by atoms with Crippen LogP contribution in [0.15, 0.2) is 152 Å². The van der Waals surface area contributed by atoms with Crippen LogP contribution in [0.25, 0.3) is 44.1 Å². The lowest BCUT2D eigenvalue weighted by Crippen LogP contribution is -2.21. The van der Waals surface area contributed by atoms with Crippen LogP contribution in [0.1, 0.15) is 20.8 Å². The average Bonchev–Trinajstić information content (AvgIpc) is 3.37. The SMILES string of the molecule is CC(C)(C)n1c2ccccc2c2cc(-c3ccc(N(c4ccccc4)c4ccccc4-c4ccccc4)cc3)ccc21. The van der Waals surface area contributed by atoms with E-state index >= 15 is 0 Å². The Bertz CT molecular complexity index is 1990. The largest absolute Gasteiger partial charge is 0.335 e. The van der Waals surface area contributed by atoms with Gasteiger partial charge in [-0.15, -0.1) is 0 Å². The van der Waals surface area contributed by atoms with Gasteiger partial charge in [0, 0.05) is 44.3 Å². The lowest BCUT2D eigenvalue weighted by molar-refractivity contribution is 0.423. The molecule has 0 amide bonds. The van der Waals surface area contributed by atoms with E-state index in [4.69, 9.17) is 0 Å². The molecule has 0 aliphatic heterocycles. The lowest BCUT2D eigenvalue weighted by Gasteiger charge is -2.28. The van der Waals surface area contributed by atoms with E-state index in [-0.39, 0.29) is 5.54 Å². The van der Waals surface area contributed by atoms with Gasteiger partial charge in [0.25, 0.3) is 0 Å². The van der Waals surface area contributed by atoms with Crippen LogP contribution < -0.4 is 4.90 Å². The van der Waals surface area contributed by atoms with Crippen molar-refractivity contribution in [3.05, 3.63) is 152 Å². The van der Waals surface area contributed by atoms with Crippen LogP contribution in [0.2, 0.25) is 0 Å². The van der Waals surface area contributed by atoms with Gasteiger partial charge in [-0.25, -0.2) is 0 Å². The number of hydrogen-bond acceptors (Lipinski definition) is 1. The second-order valence-corrected chi connectivity index (χ2v) is 11.9. The third kappa shape index (κ3) is 4.55. The van der Waals surface area contributed by atoms with Crippen LogP contribution >= 0.6 is 0 Å². The Morgan fingerprint density at radius 1 is 0.452 bits per heavy atom. The van der Waals surface area contributed by atoms with Gasteiger partial charge in [-0.2, -0.15) is 0 Å². The van der Waals surface area contributed by atoms with Crippen LogP contribution in [0.3, 0.4) is 0 Å². The van der Waals surface area contributed by atoms with Crippen LogP contribution in [0.4, 0.5) is 17.1 Å². The number of aromatic nitrogens is 1. The molecule has 1 aromatic heterocycles. The molecule has 204 valence electrons. The number of rotatable bonds is 5. The molecule has 0 aliphatic carbocycles. The van der Waals surface area contributed by atoms with E-state index in [1.54, 1.807) is 0 Å². The Morgan fingerprint density at radius 2 is 1.02 bits per heavy atom. The molecule has 7 rings (SSSR count). The Kier molecular flexibility index (Phi) is 6.40. The summed E-state index contributed by atoms with van der Waals surface area (Å²) in [5.74, 6) is 0. The molecule has 6 aromatic carbocycles. The zero-order valence-corrected chi connectivity index (χ0v) is 24.3. The quantitative estimate of drug-likeness (QED) is 0.210. The van der Waals surface area contributed by atoms with Crippen molar-refractivity contribution >= 4 is 38.9 Å². The first kappa shape index (κ1) is 25.9. The van der Waals surface area contributed by atoms with Crippen molar-refractivity contribution in [2.24, 2.45) is 0 Å². The highest BCUT2D eigenvalue weighted by Gasteiger charge is 2.21. The Hall–Kier alpha value is -5.08. The normalized spacial score (nSPS) is 11.7. The van der Waals surface area contributed by atoms with Crippen LogP contribution in [-0.4, -0.2) is 4.57 Å². The summed E-state index contributed by atoms with van der Waals surface area (Å²) >= 11 is 0. The second kappa shape index (κ2) is 10.4. The van der Waals surface area contributed by atoms with E-state index < -0.39 is 0 Å². The number of fused-ring (bicyclic) bond motifs is 3. The van der Waals surface area contributed by atoms with E-state index in [2.05, 4.69) is 182 Å². The summed E-state index contributed by atoms with van der Waals surface area (Å²) in [6.45, 7) is 6.83. The van der Waals surface area contributed by atoms with Gasteiger partial charge < -0.3 is 9.47 Å². The lowest BCUT2D eigenvalue weighted by atomic mass is 10.0. The van der Waals surface area contributed by atoms with Crippen molar-refractivity contribution in [1.29, 1.82) is 0 Å². The summed E-state index contributed by atoms with van der Waals surface area (Å²) < 4.78 is 2.46. The van der Waals surface area contributed by atoms with Crippen molar-refractivity contribution < 1.29 is 0 Å². The molecule has 7 aromatic rings. The molecule has 0 N–H and O–H groups in total. The van der Waals surface area contributed by atoms with E-state index in [0.29, 0.717) is 0 Å². The summed E-state index contributed by atoms with van der Waals surface area (Å²) in [6.07, 6.45) is 0. The van der Waals surface area contributed by atoms with Gasteiger partial charge in [0.1, 0.15) is 0 Å². The van der Waals surface area contributed by atoms with Crippen molar-refractivity contribution in [2.45, 2.75) is 26.3 Å². The molecule has 0 saturated carbocycles. The summed E-state index contributed by atoms with van der Waals surface area (Å²) in [5, 5.41) is 2.60. The first-order chi connectivity index (χ1) is 20.5. The maximum atomic E-state index is 2.46. The fraction of sp³-hybridized carbons (Fsp3) is 0.100. The average molecular weight is 543 g/mol. The smallest absolute Gasteiger partial charge is 0.0540 e. The first-order valence-corrected chi connectivity index (χ1v) is 14.6. The molecule has 0 radical (unpaired) electrons. The van der Waals surface area contributed by atoms with Crippen LogP contribution in [0, 0.1) is 0 Å².